The van der Waals surface area contributed by atoms with Gasteiger partial charge in [-0.3, -0.25) is 4.79 Å². The lowest BCUT2D eigenvalue weighted by molar-refractivity contribution is 0.0950. The predicted molar refractivity (Wildman–Crippen MR) is 78.4 cm³/mol. The molecule has 0 radical (unpaired) electrons. The Balaban J connectivity index is 2.13. The average molecular weight is 286 g/mol. The van der Waals surface area contributed by atoms with Crippen molar-refractivity contribution in [2.75, 3.05) is 6.61 Å². The Morgan fingerprint density at radius 2 is 2.35 bits per heavy atom. The molecule has 0 saturated heterocycles. The van der Waals surface area contributed by atoms with Crippen LogP contribution in [0.3, 0.4) is 0 Å². The summed E-state index contributed by atoms with van der Waals surface area (Å²) < 4.78 is 0. The Labute approximate surface area is 121 Å². The molecule has 0 aliphatic carbocycles. The van der Waals surface area contributed by atoms with Gasteiger partial charge < -0.3 is 10.4 Å². The van der Waals surface area contributed by atoms with E-state index in [9.17, 15) is 4.79 Å². The highest BCUT2D eigenvalue weighted by Gasteiger charge is 2.10. The summed E-state index contributed by atoms with van der Waals surface area (Å²) in [4.78, 5) is 16.3. The lowest BCUT2D eigenvalue weighted by Gasteiger charge is -2.08. The van der Waals surface area contributed by atoms with Crippen LogP contribution in [0.1, 0.15) is 27.2 Å². The third-order valence-electron chi connectivity index (χ3n) is 2.79. The Kier molecular flexibility index (Phi) is 4.88. The summed E-state index contributed by atoms with van der Waals surface area (Å²) in [5, 5.41) is 13.5. The predicted octanol–water partition coefficient (Wildman–Crippen LogP) is 1.73. The van der Waals surface area contributed by atoms with Gasteiger partial charge in [-0.15, -0.1) is 11.3 Å². The van der Waals surface area contributed by atoms with Crippen molar-refractivity contribution < 1.29 is 9.90 Å². The number of aliphatic hydroxyl groups excluding tert-OH is 1. The summed E-state index contributed by atoms with van der Waals surface area (Å²) in [7, 11) is 0. The first kappa shape index (κ1) is 14.3. The van der Waals surface area contributed by atoms with Gasteiger partial charge in [0.15, 0.2) is 0 Å². The van der Waals surface area contributed by atoms with Crippen molar-refractivity contribution >= 4 is 17.2 Å². The summed E-state index contributed by atoms with van der Waals surface area (Å²) in [5.41, 5.74) is 4.73. The van der Waals surface area contributed by atoms with Gasteiger partial charge in [0.05, 0.1) is 17.7 Å². The van der Waals surface area contributed by atoms with Gasteiger partial charge >= 0.3 is 0 Å². The van der Waals surface area contributed by atoms with E-state index < -0.39 is 0 Å². The molecule has 0 aliphatic rings. The van der Waals surface area contributed by atoms with E-state index >= 15 is 0 Å². The fourth-order valence-electron chi connectivity index (χ4n) is 1.74. The van der Waals surface area contributed by atoms with Crippen LogP contribution in [0.15, 0.2) is 29.1 Å². The second kappa shape index (κ2) is 6.85. The lowest BCUT2D eigenvalue weighted by Crippen LogP contribution is -2.24. The van der Waals surface area contributed by atoms with Crippen LogP contribution in [0.2, 0.25) is 0 Å². The smallest absolute Gasteiger partial charge is 0.251 e. The number of rotatable bonds is 3. The highest BCUT2D eigenvalue weighted by atomic mass is 32.1. The quantitative estimate of drug-likeness (QED) is 0.845. The van der Waals surface area contributed by atoms with Crippen molar-refractivity contribution in [2.45, 2.75) is 13.5 Å². The second-order valence-corrected chi connectivity index (χ2v) is 4.82. The number of carbonyl (C=O) groups excluding carboxylic acids is 1. The first-order chi connectivity index (χ1) is 9.72. The van der Waals surface area contributed by atoms with Crippen LogP contribution >= 0.6 is 11.3 Å². The van der Waals surface area contributed by atoms with E-state index in [1.165, 1.54) is 11.3 Å². The number of thiazole rings is 1. The number of hydrogen-bond acceptors (Lipinski definition) is 4. The molecule has 5 heteroatoms. The summed E-state index contributed by atoms with van der Waals surface area (Å²) >= 11 is 1.50. The number of nitrogens with zero attached hydrogens (tertiary/aromatic N) is 1. The molecule has 2 N–H and O–H groups in total. The SMILES string of the molecule is Cc1c(C#CCO)cccc1C(=O)NCc1cscn1. The van der Waals surface area contributed by atoms with Gasteiger partial charge in [-0.1, -0.05) is 17.9 Å². The molecule has 2 rings (SSSR count). The van der Waals surface area contributed by atoms with Crippen molar-refractivity contribution in [2.24, 2.45) is 0 Å². The summed E-state index contributed by atoms with van der Waals surface area (Å²) in [6, 6.07) is 5.37. The molecule has 1 heterocycles. The molecular formula is C15H14N2O2S. The van der Waals surface area contributed by atoms with Crippen LogP contribution in [0.25, 0.3) is 0 Å². The van der Waals surface area contributed by atoms with Crippen LogP contribution in [-0.4, -0.2) is 22.6 Å². The number of benzene rings is 1. The Morgan fingerprint density at radius 3 is 3.05 bits per heavy atom. The van der Waals surface area contributed by atoms with E-state index in [0.717, 1.165) is 16.8 Å². The van der Waals surface area contributed by atoms with Gasteiger partial charge in [0, 0.05) is 16.5 Å². The molecule has 102 valence electrons. The summed E-state index contributed by atoms with van der Waals surface area (Å²) in [6.07, 6.45) is 0. The van der Waals surface area contributed by atoms with E-state index in [4.69, 9.17) is 5.11 Å². The minimum Gasteiger partial charge on any atom is -0.384 e. The maximum Gasteiger partial charge on any atom is 0.251 e. The van der Waals surface area contributed by atoms with Crippen LogP contribution in [0, 0.1) is 18.8 Å². The van der Waals surface area contributed by atoms with E-state index in [2.05, 4.69) is 22.1 Å². The van der Waals surface area contributed by atoms with E-state index in [0.29, 0.717) is 12.1 Å². The molecule has 0 bridgehead atoms. The van der Waals surface area contributed by atoms with Gasteiger partial charge in [-0.05, 0) is 24.6 Å². The normalized spacial score (nSPS) is 9.70. The molecule has 0 unspecified atom stereocenters. The zero-order valence-electron chi connectivity index (χ0n) is 11.0. The number of amides is 1. The molecule has 1 aromatic heterocycles. The van der Waals surface area contributed by atoms with Gasteiger partial charge in [0.1, 0.15) is 6.61 Å². The molecule has 0 fully saturated rings. The van der Waals surface area contributed by atoms with Crippen molar-refractivity contribution in [3.8, 4) is 11.8 Å². The van der Waals surface area contributed by atoms with Gasteiger partial charge in [0.25, 0.3) is 5.91 Å². The van der Waals surface area contributed by atoms with Gasteiger partial charge in [-0.2, -0.15) is 0 Å². The van der Waals surface area contributed by atoms with Crippen LogP contribution in [-0.2, 0) is 6.54 Å². The van der Waals surface area contributed by atoms with Crippen LogP contribution in [0.5, 0.6) is 0 Å². The lowest BCUT2D eigenvalue weighted by atomic mass is 10.0. The molecule has 1 amide bonds. The first-order valence-electron chi connectivity index (χ1n) is 6.07. The van der Waals surface area contributed by atoms with Crippen LogP contribution in [0.4, 0.5) is 0 Å². The van der Waals surface area contributed by atoms with Gasteiger partial charge in [0.2, 0.25) is 0 Å². The number of aromatic nitrogens is 1. The third kappa shape index (κ3) is 3.44. The largest absolute Gasteiger partial charge is 0.384 e. The molecule has 20 heavy (non-hydrogen) atoms. The molecule has 0 atom stereocenters. The second-order valence-electron chi connectivity index (χ2n) is 4.10. The summed E-state index contributed by atoms with van der Waals surface area (Å²) in [5.74, 6) is 5.28. The highest BCUT2D eigenvalue weighted by molar-refractivity contribution is 7.07. The number of carbonyl (C=O) groups is 1. The van der Waals surface area contributed by atoms with E-state index in [-0.39, 0.29) is 12.5 Å². The Bertz CT molecular complexity index is 654. The molecular weight excluding hydrogens is 272 g/mol. The Morgan fingerprint density at radius 1 is 1.50 bits per heavy atom. The molecule has 0 saturated carbocycles. The van der Waals surface area contributed by atoms with E-state index in [1.54, 1.807) is 17.6 Å². The topological polar surface area (TPSA) is 62.2 Å². The minimum atomic E-state index is -0.195. The maximum atomic E-state index is 12.2. The van der Waals surface area contributed by atoms with Crippen molar-refractivity contribution in [1.82, 2.24) is 10.3 Å². The van der Waals surface area contributed by atoms with E-state index in [1.807, 2.05) is 18.4 Å². The maximum absolute atomic E-state index is 12.2. The molecule has 0 spiro atoms. The monoisotopic (exact) mass is 286 g/mol. The first-order valence-corrected chi connectivity index (χ1v) is 7.01. The van der Waals surface area contributed by atoms with Gasteiger partial charge in [-0.25, -0.2) is 4.98 Å². The highest BCUT2D eigenvalue weighted by Crippen LogP contribution is 2.13. The molecule has 4 nitrogen and oxygen atoms in total. The zero-order valence-corrected chi connectivity index (χ0v) is 11.8. The minimum absolute atomic E-state index is 0.150. The summed E-state index contributed by atoms with van der Waals surface area (Å²) in [6.45, 7) is 2.06. The third-order valence-corrected chi connectivity index (χ3v) is 3.43. The number of nitrogens with one attached hydrogen (secondary N) is 1. The molecule has 2 aromatic rings. The zero-order chi connectivity index (χ0) is 14.4. The number of hydrogen-bond donors (Lipinski definition) is 2. The van der Waals surface area contributed by atoms with Crippen LogP contribution < -0.4 is 5.32 Å². The molecule has 1 aromatic carbocycles. The average Bonchev–Trinajstić information content (AvgIpc) is 2.97. The molecule has 0 aliphatic heterocycles. The van der Waals surface area contributed by atoms with Crippen molar-refractivity contribution in [3.63, 3.8) is 0 Å². The number of aliphatic hydroxyl groups is 1. The fraction of sp³-hybridized carbons (Fsp3) is 0.200. The standard InChI is InChI=1S/C15H14N2O2S/c1-11-12(5-3-7-18)4-2-6-14(11)15(19)16-8-13-9-20-10-17-13/h2,4,6,9-10,18H,7-8H2,1H3,(H,16,19). The Hall–Kier alpha value is -2.16. The van der Waals surface area contributed by atoms with Crippen molar-refractivity contribution in [3.05, 3.63) is 51.5 Å². The fourth-order valence-corrected chi connectivity index (χ4v) is 2.30. The van der Waals surface area contributed by atoms with Crippen molar-refractivity contribution in [1.29, 1.82) is 0 Å².